The van der Waals surface area contributed by atoms with Crippen LogP contribution in [0.2, 0.25) is 10.0 Å². The van der Waals surface area contributed by atoms with Crippen LogP contribution in [0, 0.1) is 0 Å². The Morgan fingerprint density at radius 2 is 1.80 bits per heavy atom. The Morgan fingerprint density at radius 1 is 1.10 bits per heavy atom. The zero-order valence-electron chi connectivity index (χ0n) is 10.9. The number of anilines is 1. The van der Waals surface area contributed by atoms with Crippen LogP contribution in [0.5, 0.6) is 0 Å². The van der Waals surface area contributed by atoms with Gasteiger partial charge in [-0.25, -0.2) is 0 Å². The lowest BCUT2D eigenvalue weighted by Crippen LogP contribution is -2.38. The van der Waals surface area contributed by atoms with Gasteiger partial charge in [-0.3, -0.25) is 4.55 Å². The Morgan fingerprint density at radius 3 is 2.45 bits per heavy atom. The van der Waals surface area contributed by atoms with Crippen molar-refractivity contribution in [1.29, 1.82) is 0 Å². The summed E-state index contributed by atoms with van der Waals surface area (Å²) in [6.45, 7) is 0. The number of benzene rings is 1. The Bertz CT molecular complexity index is 577. The smallest absolute Gasteiger partial charge is 0.269 e. The maximum absolute atomic E-state index is 11.5. The fourth-order valence-electron chi connectivity index (χ4n) is 2.60. The molecule has 20 heavy (non-hydrogen) atoms. The molecule has 4 nitrogen and oxygen atoms in total. The molecule has 1 aromatic rings. The molecule has 0 amide bonds. The summed E-state index contributed by atoms with van der Waals surface area (Å²) in [6, 6.07) is 4.76. The summed E-state index contributed by atoms with van der Waals surface area (Å²) < 4.78 is 32.5. The molecule has 1 aliphatic rings. The average molecular weight is 338 g/mol. The molecule has 1 fully saturated rings. The summed E-state index contributed by atoms with van der Waals surface area (Å²) in [4.78, 5) is 0. The third-order valence-electron chi connectivity index (χ3n) is 3.61. The summed E-state index contributed by atoms with van der Waals surface area (Å²) in [5, 5.41) is 3.24. The second-order valence-electron chi connectivity index (χ2n) is 5.07. The van der Waals surface area contributed by atoms with E-state index in [-0.39, 0.29) is 6.04 Å². The van der Waals surface area contributed by atoms with Crippen LogP contribution in [-0.4, -0.2) is 24.3 Å². The van der Waals surface area contributed by atoms with Gasteiger partial charge in [-0.05, 0) is 31.0 Å². The second-order valence-corrected chi connectivity index (χ2v) is 7.52. The first-order valence-corrected chi connectivity index (χ1v) is 8.82. The minimum Gasteiger partial charge on any atom is -0.381 e. The third-order valence-corrected chi connectivity index (χ3v) is 5.68. The molecule has 7 heteroatoms. The summed E-state index contributed by atoms with van der Waals surface area (Å²) >= 11 is 11.8. The molecule has 0 bridgehead atoms. The van der Waals surface area contributed by atoms with Gasteiger partial charge in [0.15, 0.2) is 0 Å². The van der Waals surface area contributed by atoms with Gasteiger partial charge in [-0.2, -0.15) is 8.42 Å². The molecule has 0 aliphatic heterocycles. The second kappa shape index (κ2) is 6.52. The van der Waals surface area contributed by atoms with Gasteiger partial charge >= 0.3 is 0 Å². The van der Waals surface area contributed by atoms with Gasteiger partial charge < -0.3 is 5.32 Å². The minimum atomic E-state index is -4.06. The van der Waals surface area contributed by atoms with Crippen LogP contribution >= 0.6 is 23.2 Å². The number of hydrogen-bond acceptors (Lipinski definition) is 3. The highest BCUT2D eigenvalue weighted by molar-refractivity contribution is 7.86. The lowest BCUT2D eigenvalue weighted by Gasteiger charge is -2.25. The number of nitrogens with one attached hydrogen (secondary N) is 1. The van der Waals surface area contributed by atoms with Crippen molar-refractivity contribution < 1.29 is 13.0 Å². The molecule has 112 valence electrons. The zero-order valence-corrected chi connectivity index (χ0v) is 13.2. The van der Waals surface area contributed by atoms with Crippen molar-refractivity contribution in [2.24, 2.45) is 0 Å². The van der Waals surface area contributed by atoms with Crippen LogP contribution in [0.3, 0.4) is 0 Å². The van der Waals surface area contributed by atoms with Crippen molar-refractivity contribution in [1.82, 2.24) is 0 Å². The van der Waals surface area contributed by atoms with Crippen LogP contribution in [-0.2, 0) is 10.1 Å². The van der Waals surface area contributed by atoms with E-state index >= 15 is 0 Å². The fraction of sp³-hybridized carbons (Fsp3) is 0.538. The van der Waals surface area contributed by atoms with E-state index in [1.54, 1.807) is 18.2 Å². The van der Waals surface area contributed by atoms with Crippen molar-refractivity contribution in [2.45, 2.75) is 43.4 Å². The third kappa shape index (κ3) is 4.01. The lowest BCUT2D eigenvalue weighted by molar-refractivity contribution is 0.449. The van der Waals surface area contributed by atoms with E-state index in [1.807, 2.05) is 0 Å². The van der Waals surface area contributed by atoms with Gasteiger partial charge in [0.1, 0.15) is 5.25 Å². The van der Waals surface area contributed by atoms with Crippen molar-refractivity contribution in [3.8, 4) is 0 Å². The molecule has 0 saturated heterocycles. The van der Waals surface area contributed by atoms with Gasteiger partial charge in [0.25, 0.3) is 10.1 Å². The first kappa shape index (κ1) is 15.9. The van der Waals surface area contributed by atoms with Crippen molar-refractivity contribution >= 4 is 39.0 Å². The van der Waals surface area contributed by atoms with Crippen LogP contribution in [0.15, 0.2) is 18.2 Å². The predicted molar refractivity (Wildman–Crippen MR) is 82.3 cm³/mol. The predicted octanol–water partition coefficient (Wildman–Crippen LogP) is 3.99. The van der Waals surface area contributed by atoms with E-state index in [4.69, 9.17) is 23.2 Å². The molecule has 0 spiro atoms. The number of halogens is 2. The topological polar surface area (TPSA) is 66.4 Å². The van der Waals surface area contributed by atoms with E-state index in [9.17, 15) is 13.0 Å². The van der Waals surface area contributed by atoms with Crippen molar-refractivity contribution in [3.05, 3.63) is 28.2 Å². The number of rotatable bonds is 3. The average Bonchev–Trinajstić information content (AvgIpc) is 2.59. The van der Waals surface area contributed by atoms with Crippen LogP contribution in [0.25, 0.3) is 0 Å². The summed E-state index contributed by atoms with van der Waals surface area (Å²) in [5.41, 5.74) is 0.708. The highest BCUT2D eigenvalue weighted by Crippen LogP contribution is 2.29. The summed E-state index contributed by atoms with van der Waals surface area (Å²) in [5.74, 6) is 0. The highest BCUT2D eigenvalue weighted by Gasteiger charge is 2.33. The molecule has 1 aromatic carbocycles. The minimum absolute atomic E-state index is 0.315. The Balaban J connectivity index is 2.21. The number of hydrogen-bond donors (Lipinski definition) is 2. The van der Waals surface area contributed by atoms with E-state index in [1.165, 1.54) is 0 Å². The Hall–Kier alpha value is -0.490. The van der Waals surface area contributed by atoms with E-state index < -0.39 is 15.4 Å². The standard InChI is InChI=1S/C13H17Cl2NO3S/c14-10-7-6-9(8-11(10)15)16-12-4-2-1-3-5-13(12)20(17,18)19/h6-8,12-13,16H,1-5H2,(H,17,18,19). The lowest BCUT2D eigenvalue weighted by atomic mass is 10.1. The van der Waals surface area contributed by atoms with E-state index in [2.05, 4.69) is 5.32 Å². The first-order chi connectivity index (χ1) is 9.38. The normalized spacial score (nSPS) is 24.1. The zero-order chi connectivity index (χ0) is 14.8. The van der Waals surface area contributed by atoms with Crippen molar-refractivity contribution in [3.63, 3.8) is 0 Å². The van der Waals surface area contributed by atoms with Gasteiger partial charge in [-0.1, -0.05) is 42.5 Å². The molecule has 1 saturated carbocycles. The van der Waals surface area contributed by atoms with Crippen LogP contribution in [0.4, 0.5) is 5.69 Å². The highest BCUT2D eigenvalue weighted by atomic mass is 35.5. The molecule has 2 N–H and O–H groups in total. The van der Waals surface area contributed by atoms with Gasteiger partial charge in [0.05, 0.1) is 10.0 Å². The fourth-order valence-corrected chi connectivity index (χ4v) is 3.98. The Kier molecular flexibility index (Phi) is 5.18. The quantitative estimate of drug-likeness (QED) is 0.646. The molecule has 2 atom stereocenters. The van der Waals surface area contributed by atoms with Gasteiger partial charge in [0.2, 0.25) is 0 Å². The molecule has 2 unspecified atom stereocenters. The van der Waals surface area contributed by atoms with Gasteiger partial charge in [0, 0.05) is 11.7 Å². The molecule has 0 radical (unpaired) electrons. The largest absolute Gasteiger partial charge is 0.381 e. The molecule has 1 aliphatic carbocycles. The van der Waals surface area contributed by atoms with Crippen molar-refractivity contribution in [2.75, 3.05) is 5.32 Å². The first-order valence-electron chi connectivity index (χ1n) is 6.56. The maximum atomic E-state index is 11.5. The molecule has 2 rings (SSSR count). The Labute approximate surface area is 129 Å². The maximum Gasteiger partial charge on any atom is 0.269 e. The summed E-state index contributed by atoms with van der Waals surface area (Å²) in [6.07, 6.45) is 3.89. The van der Waals surface area contributed by atoms with E-state index in [0.717, 1.165) is 19.3 Å². The molecule has 0 heterocycles. The van der Waals surface area contributed by atoms with E-state index in [0.29, 0.717) is 28.6 Å². The molecular weight excluding hydrogens is 321 g/mol. The molecule has 0 aromatic heterocycles. The SMILES string of the molecule is O=S(=O)(O)C1CCCCCC1Nc1ccc(Cl)c(Cl)c1. The molecular formula is C13H17Cl2NO3S. The van der Waals surface area contributed by atoms with Crippen LogP contribution in [0.1, 0.15) is 32.1 Å². The van der Waals surface area contributed by atoms with Crippen LogP contribution < -0.4 is 5.32 Å². The van der Waals surface area contributed by atoms with Gasteiger partial charge in [-0.15, -0.1) is 0 Å². The summed E-state index contributed by atoms with van der Waals surface area (Å²) in [7, 11) is -4.06. The monoisotopic (exact) mass is 337 g/mol.